The van der Waals surface area contributed by atoms with Gasteiger partial charge in [-0.05, 0) is 43.3 Å². The van der Waals surface area contributed by atoms with Crippen LogP contribution in [0, 0.1) is 0 Å². The first kappa shape index (κ1) is 15.2. The minimum Gasteiger partial charge on any atom is -0.361 e. The maximum absolute atomic E-state index is 4.72. The Bertz CT molecular complexity index is 987. The molecule has 0 aliphatic rings. The molecule has 0 aliphatic carbocycles. The van der Waals surface area contributed by atoms with Gasteiger partial charge in [0.15, 0.2) is 5.82 Å². The number of rotatable bonds is 4. The third-order valence-electron chi connectivity index (χ3n) is 3.98. The molecule has 5 nitrogen and oxygen atoms in total. The van der Waals surface area contributed by atoms with Crippen molar-refractivity contribution in [3.63, 3.8) is 0 Å². The second-order valence-corrected chi connectivity index (χ2v) is 5.75. The molecule has 3 aromatic heterocycles. The highest BCUT2D eigenvalue weighted by Gasteiger charge is 2.13. The third-order valence-corrected chi connectivity index (χ3v) is 3.98. The van der Waals surface area contributed by atoms with E-state index in [4.69, 9.17) is 4.98 Å². The molecule has 3 heterocycles. The first-order valence-electron chi connectivity index (χ1n) is 8.17. The number of fused-ring (bicyclic) bond motifs is 1. The topological polar surface area (TPSA) is 63.6 Å². The minimum absolute atomic E-state index is 0.0242. The quantitative estimate of drug-likeness (QED) is 0.607. The molecule has 1 atom stereocenters. The zero-order valence-electron chi connectivity index (χ0n) is 13.8. The number of aromatic nitrogens is 4. The Labute approximate surface area is 145 Å². The van der Waals surface area contributed by atoms with Gasteiger partial charge in [-0.2, -0.15) is 0 Å². The Kier molecular flexibility index (Phi) is 4.04. The van der Waals surface area contributed by atoms with Crippen LogP contribution < -0.4 is 5.32 Å². The summed E-state index contributed by atoms with van der Waals surface area (Å²) in [7, 11) is 0. The number of nitrogens with zero attached hydrogens (tertiary/aromatic N) is 4. The van der Waals surface area contributed by atoms with Gasteiger partial charge in [0.2, 0.25) is 0 Å². The molecule has 1 unspecified atom stereocenters. The average Bonchev–Trinajstić information content (AvgIpc) is 2.69. The number of benzene rings is 1. The molecule has 0 amide bonds. The highest BCUT2D eigenvalue weighted by atomic mass is 15.1. The molecular weight excluding hydrogens is 310 g/mol. The van der Waals surface area contributed by atoms with Gasteiger partial charge < -0.3 is 5.32 Å². The van der Waals surface area contributed by atoms with Crippen molar-refractivity contribution in [2.45, 2.75) is 13.0 Å². The van der Waals surface area contributed by atoms with E-state index in [1.54, 1.807) is 12.4 Å². The normalized spacial score (nSPS) is 12.0. The lowest BCUT2D eigenvalue weighted by Crippen LogP contribution is -2.10. The molecule has 0 saturated heterocycles. The largest absolute Gasteiger partial charge is 0.361 e. The number of hydrogen-bond donors (Lipinski definition) is 1. The van der Waals surface area contributed by atoms with Gasteiger partial charge in [-0.3, -0.25) is 9.97 Å². The molecule has 122 valence electrons. The number of nitrogens with one attached hydrogen (secondary N) is 1. The van der Waals surface area contributed by atoms with Crippen LogP contribution in [-0.4, -0.2) is 19.9 Å². The van der Waals surface area contributed by atoms with Crippen LogP contribution in [0.25, 0.3) is 22.4 Å². The van der Waals surface area contributed by atoms with Gasteiger partial charge in [-0.1, -0.05) is 24.3 Å². The molecule has 0 aliphatic heterocycles. The van der Waals surface area contributed by atoms with Crippen molar-refractivity contribution in [1.82, 2.24) is 19.9 Å². The van der Waals surface area contributed by atoms with E-state index in [2.05, 4.69) is 27.2 Å². The van der Waals surface area contributed by atoms with E-state index >= 15 is 0 Å². The first-order valence-corrected chi connectivity index (χ1v) is 8.17. The second kappa shape index (κ2) is 6.65. The van der Waals surface area contributed by atoms with Crippen LogP contribution in [0.2, 0.25) is 0 Å². The number of anilines is 1. The van der Waals surface area contributed by atoms with E-state index < -0.39 is 0 Å². The van der Waals surface area contributed by atoms with E-state index in [9.17, 15) is 0 Å². The van der Waals surface area contributed by atoms with Crippen molar-refractivity contribution in [2.75, 3.05) is 5.32 Å². The van der Waals surface area contributed by atoms with E-state index in [1.165, 1.54) is 0 Å². The highest BCUT2D eigenvalue weighted by molar-refractivity contribution is 5.90. The first-order chi connectivity index (χ1) is 12.3. The Morgan fingerprint density at radius 1 is 0.800 bits per heavy atom. The summed E-state index contributed by atoms with van der Waals surface area (Å²) in [6.45, 7) is 2.07. The van der Waals surface area contributed by atoms with Crippen molar-refractivity contribution in [1.29, 1.82) is 0 Å². The van der Waals surface area contributed by atoms with Crippen LogP contribution >= 0.6 is 0 Å². The van der Waals surface area contributed by atoms with Gasteiger partial charge in [0.05, 0.1) is 17.3 Å². The molecule has 0 fully saturated rings. The maximum Gasteiger partial charge on any atom is 0.180 e. The van der Waals surface area contributed by atoms with Crippen LogP contribution in [0.15, 0.2) is 73.1 Å². The summed E-state index contributed by atoms with van der Waals surface area (Å²) in [6, 6.07) is 19.6. The predicted molar refractivity (Wildman–Crippen MR) is 99.0 cm³/mol. The molecule has 0 saturated carbocycles. The lowest BCUT2D eigenvalue weighted by molar-refractivity contribution is 0.833. The molecule has 25 heavy (non-hydrogen) atoms. The van der Waals surface area contributed by atoms with Crippen molar-refractivity contribution < 1.29 is 0 Å². The molecule has 0 radical (unpaired) electrons. The van der Waals surface area contributed by atoms with Crippen LogP contribution in [0.3, 0.4) is 0 Å². The Hall–Kier alpha value is -3.34. The zero-order chi connectivity index (χ0) is 17.1. The average molecular weight is 327 g/mol. The molecule has 4 rings (SSSR count). The Balaban J connectivity index is 1.79. The maximum atomic E-state index is 4.72. The van der Waals surface area contributed by atoms with Crippen LogP contribution in [-0.2, 0) is 0 Å². The van der Waals surface area contributed by atoms with E-state index in [1.807, 2.05) is 60.7 Å². The molecule has 4 aromatic rings. The SMILES string of the molecule is CC(Nc1nc(-c2ccccn2)nc2ccccc12)c1ccccn1. The monoisotopic (exact) mass is 327 g/mol. The standard InChI is InChI=1S/C20H17N5/c1-14(16-9-4-6-12-21-16)23-19-15-8-2-3-10-17(15)24-20(25-19)18-11-5-7-13-22-18/h2-14H,1H3,(H,23,24,25). The number of hydrogen-bond acceptors (Lipinski definition) is 5. The summed E-state index contributed by atoms with van der Waals surface area (Å²) in [5.41, 5.74) is 2.60. The molecule has 0 spiro atoms. The van der Waals surface area contributed by atoms with Gasteiger partial charge >= 0.3 is 0 Å². The fourth-order valence-corrected chi connectivity index (χ4v) is 2.71. The second-order valence-electron chi connectivity index (χ2n) is 5.75. The fraction of sp³-hybridized carbons (Fsp3) is 0.100. The summed E-state index contributed by atoms with van der Waals surface area (Å²) < 4.78 is 0. The van der Waals surface area contributed by atoms with Crippen molar-refractivity contribution in [3.05, 3.63) is 78.8 Å². The molecule has 0 bridgehead atoms. The Morgan fingerprint density at radius 2 is 1.56 bits per heavy atom. The molecule has 5 heteroatoms. The third kappa shape index (κ3) is 3.17. The molecular formula is C20H17N5. The fourth-order valence-electron chi connectivity index (χ4n) is 2.71. The molecule has 1 N–H and O–H groups in total. The smallest absolute Gasteiger partial charge is 0.180 e. The molecule has 1 aromatic carbocycles. The van der Waals surface area contributed by atoms with Gasteiger partial charge in [0, 0.05) is 17.8 Å². The van der Waals surface area contributed by atoms with Crippen LogP contribution in [0.4, 0.5) is 5.82 Å². The number of pyridine rings is 2. The number of para-hydroxylation sites is 1. The summed E-state index contributed by atoms with van der Waals surface area (Å²) in [5, 5.41) is 4.45. The van der Waals surface area contributed by atoms with Crippen molar-refractivity contribution in [3.8, 4) is 11.5 Å². The van der Waals surface area contributed by atoms with Crippen molar-refractivity contribution >= 4 is 16.7 Å². The van der Waals surface area contributed by atoms with Crippen molar-refractivity contribution in [2.24, 2.45) is 0 Å². The lowest BCUT2D eigenvalue weighted by Gasteiger charge is -2.16. The summed E-state index contributed by atoms with van der Waals surface area (Å²) in [4.78, 5) is 18.2. The lowest BCUT2D eigenvalue weighted by atomic mass is 10.2. The predicted octanol–water partition coefficient (Wildman–Crippen LogP) is 4.26. The van der Waals surface area contributed by atoms with Gasteiger partial charge in [-0.25, -0.2) is 9.97 Å². The van der Waals surface area contributed by atoms with E-state index in [-0.39, 0.29) is 6.04 Å². The Morgan fingerprint density at radius 3 is 2.32 bits per heavy atom. The van der Waals surface area contributed by atoms with Gasteiger partial charge in [0.25, 0.3) is 0 Å². The summed E-state index contributed by atoms with van der Waals surface area (Å²) >= 11 is 0. The highest BCUT2D eigenvalue weighted by Crippen LogP contribution is 2.26. The summed E-state index contributed by atoms with van der Waals surface area (Å²) in [6.07, 6.45) is 3.54. The van der Waals surface area contributed by atoms with E-state index in [0.717, 1.165) is 28.1 Å². The van der Waals surface area contributed by atoms with E-state index in [0.29, 0.717) is 5.82 Å². The summed E-state index contributed by atoms with van der Waals surface area (Å²) in [5.74, 6) is 1.39. The van der Waals surface area contributed by atoms with Crippen LogP contribution in [0.5, 0.6) is 0 Å². The minimum atomic E-state index is 0.0242. The van der Waals surface area contributed by atoms with Gasteiger partial charge in [-0.15, -0.1) is 0 Å². The van der Waals surface area contributed by atoms with Gasteiger partial charge in [0.1, 0.15) is 11.5 Å². The zero-order valence-corrected chi connectivity index (χ0v) is 13.8. The van der Waals surface area contributed by atoms with Crippen LogP contribution in [0.1, 0.15) is 18.7 Å².